The van der Waals surface area contributed by atoms with E-state index in [9.17, 15) is 26.4 Å². The first-order valence-electron chi connectivity index (χ1n) is 5.60. The van der Waals surface area contributed by atoms with Gasteiger partial charge in [-0.15, -0.1) is 0 Å². The summed E-state index contributed by atoms with van der Waals surface area (Å²) in [4.78, 5) is 9.29. The molecule has 0 aliphatic carbocycles. The third-order valence-electron chi connectivity index (χ3n) is 2.27. The van der Waals surface area contributed by atoms with Gasteiger partial charge in [-0.05, 0) is 12.1 Å². The first kappa shape index (κ1) is 17.2. The second kappa shape index (κ2) is 6.76. The molecule has 0 aliphatic rings. The molecule has 0 amide bonds. The first-order valence-corrected chi connectivity index (χ1v) is 7.08. The lowest BCUT2D eigenvalue weighted by Gasteiger charge is -2.14. The van der Waals surface area contributed by atoms with Crippen LogP contribution >= 0.6 is 0 Å². The molecule has 1 aromatic rings. The molecule has 0 aromatic heterocycles. The molecule has 0 fully saturated rings. The van der Waals surface area contributed by atoms with E-state index in [4.69, 9.17) is 5.11 Å². The molecule has 0 spiro atoms. The van der Waals surface area contributed by atoms with Crippen molar-refractivity contribution in [1.82, 2.24) is 0 Å². The second-order valence-corrected chi connectivity index (χ2v) is 5.73. The number of anilines is 1. The Bertz CT molecular complexity index is 600. The van der Waals surface area contributed by atoms with E-state index >= 15 is 0 Å². The van der Waals surface area contributed by atoms with Crippen molar-refractivity contribution in [3.05, 3.63) is 24.3 Å². The smallest absolute Gasteiger partial charge is 0.480 e. The average molecular weight is 327 g/mol. The Kier molecular flexibility index (Phi) is 5.55. The normalized spacial score (nSPS) is 12.1. The number of alkyl halides is 3. The van der Waals surface area contributed by atoms with Crippen LogP contribution < -0.4 is 5.32 Å². The van der Waals surface area contributed by atoms with Crippen LogP contribution in [0.3, 0.4) is 0 Å². The van der Waals surface area contributed by atoms with Crippen molar-refractivity contribution >= 4 is 21.5 Å². The van der Waals surface area contributed by atoms with E-state index in [1.807, 2.05) is 0 Å². The van der Waals surface area contributed by atoms with Crippen LogP contribution in [0.2, 0.25) is 0 Å². The van der Waals surface area contributed by atoms with E-state index in [1.165, 1.54) is 18.2 Å². The summed E-state index contributed by atoms with van der Waals surface area (Å²) in [5, 5.41) is 10.8. The van der Waals surface area contributed by atoms with Gasteiger partial charge in [0.1, 0.15) is 6.61 Å². The van der Waals surface area contributed by atoms with Gasteiger partial charge < -0.3 is 15.2 Å². The number of sulfone groups is 1. The first-order chi connectivity index (χ1) is 9.66. The fraction of sp³-hybridized carbons (Fsp3) is 0.364. The average Bonchev–Trinajstić information content (AvgIpc) is 2.37. The van der Waals surface area contributed by atoms with Crippen LogP contribution in [-0.2, 0) is 19.4 Å². The lowest BCUT2D eigenvalue weighted by molar-refractivity contribution is -0.142. The van der Waals surface area contributed by atoms with Crippen LogP contribution in [0.25, 0.3) is 0 Å². The van der Waals surface area contributed by atoms with E-state index in [1.54, 1.807) is 0 Å². The molecule has 0 unspecified atom stereocenters. The second-order valence-electron chi connectivity index (χ2n) is 3.82. The highest BCUT2D eigenvalue weighted by Gasteiger charge is 2.47. The molecular formula is C11H12F3NO5S. The van der Waals surface area contributed by atoms with Crippen LogP contribution in [0.1, 0.15) is 0 Å². The largest absolute Gasteiger partial charge is 0.501 e. The molecular weight excluding hydrogens is 315 g/mol. The van der Waals surface area contributed by atoms with Crippen molar-refractivity contribution in [3.8, 4) is 0 Å². The molecule has 1 rings (SSSR count). The van der Waals surface area contributed by atoms with Crippen molar-refractivity contribution in [1.29, 1.82) is 0 Å². The summed E-state index contributed by atoms with van der Waals surface area (Å²) in [6.45, 7) is -0.700. The van der Waals surface area contributed by atoms with Gasteiger partial charge in [0.2, 0.25) is 0 Å². The van der Waals surface area contributed by atoms with Crippen molar-refractivity contribution in [2.75, 3.05) is 25.1 Å². The van der Waals surface area contributed by atoms with Crippen molar-refractivity contribution in [2.45, 2.75) is 10.4 Å². The van der Waals surface area contributed by atoms with E-state index in [0.29, 0.717) is 0 Å². The van der Waals surface area contributed by atoms with Crippen LogP contribution in [0.15, 0.2) is 29.2 Å². The molecule has 0 aliphatic heterocycles. The summed E-state index contributed by atoms with van der Waals surface area (Å²) in [6, 6.07) is 4.56. The molecule has 0 atom stereocenters. The van der Waals surface area contributed by atoms with Crippen LogP contribution in [0.5, 0.6) is 0 Å². The van der Waals surface area contributed by atoms with Gasteiger partial charge >= 0.3 is 11.5 Å². The van der Waals surface area contributed by atoms with Gasteiger partial charge in [-0.3, -0.25) is 0 Å². The van der Waals surface area contributed by atoms with Crippen molar-refractivity contribution < 1.29 is 36.2 Å². The number of hydrogen-bond donors (Lipinski definition) is 2. The third kappa shape index (κ3) is 4.60. The highest BCUT2D eigenvalue weighted by atomic mass is 32.2. The molecule has 0 saturated heterocycles. The molecule has 21 heavy (non-hydrogen) atoms. The fourth-order valence-corrected chi connectivity index (χ4v) is 2.33. The number of nitrogens with one attached hydrogen (secondary N) is 1. The Hall–Kier alpha value is -1.81. The summed E-state index contributed by atoms with van der Waals surface area (Å²) in [5.41, 5.74) is -5.63. The molecule has 0 heterocycles. The number of carboxylic acid groups (broad SMARTS) is 1. The minimum absolute atomic E-state index is 0.0440. The van der Waals surface area contributed by atoms with Gasteiger partial charge in [0.05, 0.1) is 17.2 Å². The monoisotopic (exact) mass is 327 g/mol. The topological polar surface area (TPSA) is 92.7 Å². The van der Waals surface area contributed by atoms with E-state index in [-0.39, 0.29) is 18.8 Å². The van der Waals surface area contributed by atoms with Gasteiger partial charge in [0, 0.05) is 6.54 Å². The zero-order valence-electron chi connectivity index (χ0n) is 10.6. The molecule has 0 saturated carbocycles. The van der Waals surface area contributed by atoms with Gasteiger partial charge in [-0.1, -0.05) is 12.1 Å². The third-order valence-corrected chi connectivity index (χ3v) is 3.81. The van der Waals surface area contributed by atoms with Crippen molar-refractivity contribution in [2.24, 2.45) is 0 Å². The summed E-state index contributed by atoms with van der Waals surface area (Å²) >= 11 is 0. The predicted molar refractivity (Wildman–Crippen MR) is 66.6 cm³/mol. The van der Waals surface area contributed by atoms with Gasteiger partial charge in [-0.25, -0.2) is 13.2 Å². The number of hydrogen-bond acceptors (Lipinski definition) is 5. The molecule has 118 valence electrons. The van der Waals surface area contributed by atoms with E-state index in [0.717, 1.165) is 6.07 Å². The maximum atomic E-state index is 12.5. The number of halogens is 3. The zero-order chi connectivity index (χ0) is 16.1. The highest BCUT2D eigenvalue weighted by molar-refractivity contribution is 7.92. The number of carboxylic acids is 1. The summed E-state index contributed by atoms with van der Waals surface area (Å²) < 4.78 is 65.0. The van der Waals surface area contributed by atoms with Crippen LogP contribution in [0.4, 0.5) is 18.9 Å². The van der Waals surface area contributed by atoms with Gasteiger partial charge in [-0.2, -0.15) is 13.2 Å². The molecule has 2 N–H and O–H groups in total. The van der Waals surface area contributed by atoms with Gasteiger partial charge in [0.25, 0.3) is 9.84 Å². The zero-order valence-corrected chi connectivity index (χ0v) is 11.4. The number of para-hydroxylation sites is 1. The minimum Gasteiger partial charge on any atom is -0.480 e. The summed E-state index contributed by atoms with van der Waals surface area (Å²) in [5.74, 6) is -1.19. The molecule has 0 bridgehead atoms. The molecule has 6 nitrogen and oxygen atoms in total. The standard InChI is InChI=1S/C11H12F3NO5S/c12-11(13,14)21(18,19)9-4-2-1-3-8(9)15-5-6-20-7-10(16)17/h1-4,15H,5-7H2,(H,16,17). The SMILES string of the molecule is O=C(O)COCCNc1ccccc1S(=O)(=O)C(F)(F)F. The predicted octanol–water partition coefficient (Wildman–Crippen LogP) is 1.49. The fourth-order valence-electron chi connectivity index (χ4n) is 1.39. The molecule has 10 heteroatoms. The summed E-state index contributed by atoms with van der Waals surface area (Å²) in [7, 11) is -5.46. The Balaban J connectivity index is 2.79. The Labute approximate surface area is 118 Å². The number of rotatable bonds is 7. The van der Waals surface area contributed by atoms with Crippen molar-refractivity contribution in [3.63, 3.8) is 0 Å². The molecule has 0 radical (unpaired) electrons. The van der Waals surface area contributed by atoms with E-state index in [2.05, 4.69) is 10.1 Å². The Morgan fingerprint density at radius 1 is 1.29 bits per heavy atom. The lowest BCUT2D eigenvalue weighted by atomic mass is 10.3. The van der Waals surface area contributed by atoms with Crippen LogP contribution in [0, 0.1) is 0 Å². The number of carbonyl (C=O) groups is 1. The number of ether oxygens (including phenoxy) is 1. The highest BCUT2D eigenvalue weighted by Crippen LogP contribution is 2.34. The Morgan fingerprint density at radius 2 is 1.90 bits per heavy atom. The van der Waals surface area contributed by atoms with Crippen LogP contribution in [-0.4, -0.2) is 44.8 Å². The minimum atomic E-state index is -5.46. The maximum Gasteiger partial charge on any atom is 0.501 e. The van der Waals surface area contributed by atoms with E-state index < -0.39 is 32.8 Å². The summed E-state index contributed by atoms with van der Waals surface area (Å²) in [6.07, 6.45) is 0. The maximum absolute atomic E-state index is 12.5. The number of benzene rings is 1. The Morgan fingerprint density at radius 3 is 2.48 bits per heavy atom. The molecule has 1 aromatic carbocycles. The van der Waals surface area contributed by atoms with Gasteiger partial charge in [0.15, 0.2) is 0 Å². The number of aliphatic carboxylic acids is 1. The lowest BCUT2D eigenvalue weighted by Crippen LogP contribution is -2.24. The quantitative estimate of drug-likeness (QED) is 0.737.